The first-order valence-electron chi connectivity index (χ1n) is 4.63. The molecule has 0 bridgehead atoms. The van der Waals surface area contributed by atoms with Gasteiger partial charge in [0.2, 0.25) is 0 Å². The first-order chi connectivity index (χ1) is 6.36. The van der Waals surface area contributed by atoms with Crippen molar-refractivity contribution in [3.63, 3.8) is 0 Å². The molecule has 0 unspecified atom stereocenters. The summed E-state index contributed by atoms with van der Waals surface area (Å²) in [5.74, 6) is 1.07. The molecule has 0 saturated heterocycles. The van der Waals surface area contributed by atoms with Crippen molar-refractivity contribution in [2.45, 2.75) is 25.7 Å². The van der Waals surface area contributed by atoms with Crippen LogP contribution < -0.4 is 0 Å². The minimum Gasteiger partial charge on any atom is -0.465 e. The number of rotatable bonds is 1. The molecule has 2 heteroatoms. The third-order valence-electron chi connectivity index (χ3n) is 2.29. The van der Waals surface area contributed by atoms with E-state index in [4.69, 9.17) is 4.42 Å². The molecule has 13 heavy (non-hydrogen) atoms. The van der Waals surface area contributed by atoms with Gasteiger partial charge in [-0.3, -0.25) is 4.79 Å². The fourth-order valence-electron chi connectivity index (χ4n) is 1.61. The van der Waals surface area contributed by atoms with Gasteiger partial charge in [0.15, 0.2) is 5.78 Å². The van der Waals surface area contributed by atoms with Crippen LogP contribution >= 0.6 is 0 Å². The number of hydrogen-bond acceptors (Lipinski definition) is 2. The van der Waals surface area contributed by atoms with Gasteiger partial charge in [0.05, 0.1) is 6.26 Å². The molecule has 0 aliphatic heterocycles. The molecule has 2 rings (SSSR count). The fraction of sp³-hybridized carbons (Fsp3) is 0.364. The maximum absolute atomic E-state index is 11.3. The highest BCUT2D eigenvalue weighted by Gasteiger charge is 2.11. The molecule has 0 atom stereocenters. The summed E-state index contributed by atoms with van der Waals surface area (Å²) in [5.41, 5.74) is 1.05. The van der Waals surface area contributed by atoms with Crippen LogP contribution in [0.4, 0.5) is 0 Å². The number of allylic oxidation sites excluding steroid dienone is 2. The Labute approximate surface area is 77.2 Å². The quantitative estimate of drug-likeness (QED) is 0.658. The molecule has 0 spiro atoms. The molecule has 68 valence electrons. The van der Waals surface area contributed by atoms with Crippen LogP contribution in [0.1, 0.15) is 31.4 Å². The van der Waals surface area contributed by atoms with E-state index < -0.39 is 0 Å². The van der Waals surface area contributed by atoms with Crippen LogP contribution in [-0.2, 0) is 4.79 Å². The molecular weight excluding hydrogens is 164 g/mol. The lowest BCUT2D eigenvalue weighted by molar-refractivity contribution is -0.114. The smallest absolute Gasteiger partial charge is 0.156 e. The van der Waals surface area contributed by atoms with E-state index in [0.29, 0.717) is 6.42 Å². The van der Waals surface area contributed by atoms with Crippen LogP contribution in [0.2, 0.25) is 0 Å². The number of carbonyl (C=O) groups excluding carboxylic acids is 1. The van der Waals surface area contributed by atoms with Crippen LogP contribution in [0, 0.1) is 0 Å². The van der Waals surface area contributed by atoms with E-state index in [1.165, 1.54) is 0 Å². The molecule has 1 aromatic heterocycles. The predicted molar refractivity (Wildman–Crippen MR) is 50.2 cm³/mol. The molecule has 0 aromatic carbocycles. The van der Waals surface area contributed by atoms with Crippen molar-refractivity contribution in [3.8, 4) is 0 Å². The SMILES string of the molecule is O=C1C=C(c2ccco2)CCCC1. The zero-order valence-corrected chi connectivity index (χ0v) is 7.45. The molecule has 0 N–H and O–H groups in total. The highest BCUT2D eigenvalue weighted by atomic mass is 16.3. The summed E-state index contributed by atoms with van der Waals surface area (Å²) < 4.78 is 5.26. The standard InChI is InChI=1S/C11H12O2/c12-10-5-2-1-4-9(8-10)11-6-3-7-13-11/h3,6-8H,1-2,4-5H2. The number of furan rings is 1. The van der Waals surface area contributed by atoms with Crippen LogP contribution in [0.3, 0.4) is 0 Å². The van der Waals surface area contributed by atoms with Crippen LogP contribution in [-0.4, -0.2) is 5.78 Å². The summed E-state index contributed by atoms with van der Waals surface area (Å²) in [6, 6.07) is 3.76. The monoisotopic (exact) mass is 176 g/mol. The molecule has 1 aliphatic carbocycles. The van der Waals surface area contributed by atoms with E-state index in [1.807, 2.05) is 12.1 Å². The van der Waals surface area contributed by atoms with Crippen molar-refractivity contribution in [3.05, 3.63) is 30.2 Å². The molecule has 2 nitrogen and oxygen atoms in total. The predicted octanol–water partition coefficient (Wildman–Crippen LogP) is 2.81. The lowest BCUT2D eigenvalue weighted by atomic mass is 10.1. The van der Waals surface area contributed by atoms with Crippen LogP contribution in [0.25, 0.3) is 5.57 Å². The number of carbonyl (C=O) groups is 1. The van der Waals surface area contributed by atoms with Crippen molar-refractivity contribution in [2.75, 3.05) is 0 Å². The van der Waals surface area contributed by atoms with E-state index in [-0.39, 0.29) is 5.78 Å². The Morgan fingerprint density at radius 1 is 1.23 bits per heavy atom. The molecule has 0 amide bonds. The summed E-state index contributed by atoms with van der Waals surface area (Å²) >= 11 is 0. The van der Waals surface area contributed by atoms with Crippen molar-refractivity contribution < 1.29 is 9.21 Å². The summed E-state index contributed by atoms with van der Waals surface area (Å²) in [6.07, 6.45) is 7.10. The van der Waals surface area contributed by atoms with Gasteiger partial charge in [-0.05, 0) is 43.0 Å². The molecule has 0 saturated carbocycles. The Morgan fingerprint density at radius 2 is 2.08 bits per heavy atom. The van der Waals surface area contributed by atoms with Crippen molar-refractivity contribution >= 4 is 11.4 Å². The first-order valence-corrected chi connectivity index (χ1v) is 4.63. The number of ketones is 1. The second kappa shape index (κ2) is 3.60. The second-order valence-electron chi connectivity index (χ2n) is 3.32. The van der Waals surface area contributed by atoms with Gasteiger partial charge in [0.25, 0.3) is 0 Å². The average Bonchev–Trinajstić information content (AvgIpc) is 2.56. The minimum absolute atomic E-state index is 0.226. The summed E-state index contributed by atoms with van der Waals surface area (Å²) in [7, 11) is 0. The Morgan fingerprint density at radius 3 is 2.85 bits per heavy atom. The van der Waals surface area contributed by atoms with Gasteiger partial charge in [0.1, 0.15) is 5.76 Å². The van der Waals surface area contributed by atoms with E-state index in [2.05, 4.69) is 0 Å². The Kier molecular flexibility index (Phi) is 2.30. The normalized spacial score (nSPS) is 18.2. The second-order valence-corrected chi connectivity index (χ2v) is 3.32. The van der Waals surface area contributed by atoms with Crippen molar-refractivity contribution in [1.29, 1.82) is 0 Å². The lowest BCUT2D eigenvalue weighted by Gasteiger charge is -1.98. The van der Waals surface area contributed by atoms with Crippen LogP contribution in [0.5, 0.6) is 0 Å². The highest BCUT2D eigenvalue weighted by Crippen LogP contribution is 2.24. The molecular formula is C11H12O2. The molecule has 1 aliphatic rings. The van der Waals surface area contributed by atoms with Gasteiger partial charge in [-0.1, -0.05) is 0 Å². The molecule has 0 fully saturated rings. The molecule has 1 heterocycles. The fourth-order valence-corrected chi connectivity index (χ4v) is 1.61. The average molecular weight is 176 g/mol. The zero-order chi connectivity index (χ0) is 9.10. The third kappa shape index (κ3) is 1.89. The largest absolute Gasteiger partial charge is 0.465 e. The zero-order valence-electron chi connectivity index (χ0n) is 7.45. The van der Waals surface area contributed by atoms with Crippen LogP contribution in [0.15, 0.2) is 28.9 Å². The summed E-state index contributed by atoms with van der Waals surface area (Å²) in [5, 5.41) is 0. The highest BCUT2D eigenvalue weighted by molar-refractivity contribution is 5.96. The van der Waals surface area contributed by atoms with Gasteiger partial charge < -0.3 is 4.42 Å². The lowest BCUT2D eigenvalue weighted by Crippen LogP contribution is -1.89. The summed E-state index contributed by atoms with van der Waals surface area (Å²) in [4.78, 5) is 11.3. The Bertz CT molecular complexity index is 320. The maximum atomic E-state index is 11.3. The van der Waals surface area contributed by atoms with E-state index in [9.17, 15) is 4.79 Å². The van der Waals surface area contributed by atoms with Gasteiger partial charge in [-0.2, -0.15) is 0 Å². The Balaban J connectivity index is 2.26. The first kappa shape index (κ1) is 8.30. The molecule has 1 aromatic rings. The minimum atomic E-state index is 0.226. The van der Waals surface area contributed by atoms with Crippen molar-refractivity contribution in [1.82, 2.24) is 0 Å². The Hall–Kier alpha value is -1.31. The van der Waals surface area contributed by atoms with Crippen molar-refractivity contribution in [2.24, 2.45) is 0 Å². The molecule has 0 radical (unpaired) electrons. The van der Waals surface area contributed by atoms with E-state index >= 15 is 0 Å². The third-order valence-corrected chi connectivity index (χ3v) is 2.29. The maximum Gasteiger partial charge on any atom is 0.156 e. The van der Waals surface area contributed by atoms with Gasteiger partial charge in [-0.25, -0.2) is 0 Å². The van der Waals surface area contributed by atoms with E-state index in [1.54, 1.807) is 12.3 Å². The van der Waals surface area contributed by atoms with E-state index in [0.717, 1.165) is 30.6 Å². The van der Waals surface area contributed by atoms with Gasteiger partial charge in [-0.15, -0.1) is 0 Å². The number of hydrogen-bond donors (Lipinski definition) is 0. The summed E-state index contributed by atoms with van der Waals surface area (Å²) in [6.45, 7) is 0. The topological polar surface area (TPSA) is 30.2 Å². The van der Waals surface area contributed by atoms with Gasteiger partial charge >= 0.3 is 0 Å². The van der Waals surface area contributed by atoms with Gasteiger partial charge in [0, 0.05) is 6.42 Å².